The van der Waals surface area contributed by atoms with Crippen LogP contribution in [0.25, 0.3) is 11.1 Å². The van der Waals surface area contributed by atoms with Gasteiger partial charge in [-0.2, -0.15) is 18.2 Å². The van der Waals surface area contributed by atoms with Gasteiger partial charge >= 0.3 is 6.18 Å². The van der Waals surface area contributed by atoms with Crippen molar-refractivity contribution in [3.63, 3.8) is 0 Å². The van der Waals surface area contributed by atoms with Crippen molar-refractivity contribution in [1.29, 1.82) is 0 Å². The Morgan fingerprint density at radius 2 is 1.67 bits per heavy atom. The first-order valence-electron chi connectivity index (χ1n) is 6.42. The van der Waals surface area contributed by atoms with Crippen molar-refractivity contribution < 1.29 is 13.2 Å². The van der Waals surface area contributed by atoms with E-state index in [9.17, 15) is 13.2 Å². The Morgan fingerprint density at radius 1 is 1.05 bits per heavy atom. The van der Waals surface area contributed by atoms with Crippen LogP contribution in [0.3, 0.4) is 0 Å². The van der Waals surface area contributed by atoms with E-state index < -0.39 is 11.7 Å². The Labute approximate surface area is 120 Å². The third-order valence-corrected chi connectivity index (χ3v) is 3.02. The van der Waals surface area contributed by atoms with E-state index in [0.29, 0.717) is 23.2 Å². The van der Waals surface area contributed by atoms with Crippen molar-refractivity contribution in [3.8, 4) is 11.1 Å². The summed E-state index contributed by atoms with van der Waals surface area (Å²) >= 11 is 0. The highest BCUT2D eigenvalue weighted by atomic mass is 19.4. The highest BCUT2D eigenvalue weighted by Crippen LogP contribution is 2.33. The molecule has 2 rings (SSSR count). The number of halogens is 3. The van der Waals surface area contributed by atoms with Gasteiger partial charge in [-0.1, -0.05) is 25.5 Å². The molecule has 1 aromatic carbocycles. The second-order valence-corrected chi connectivity index (χ2v) is 4.61. The van der Waals surface area contributed by atoms with E-state index >= 15 is 0 Å². The Kier molecular flexibility index (Phi) is 4.02. The molecule has 0 saturated carbocycles. The lowest BCUT2D eigenvalue weighted by molar-refractivity contribution is -0.137. The first-order valence-corrected chi connectivity index (χ1v) is 6.42. The van der Waals surface area contributed by atoms with E-state index in [4.69, 9.17) is 11.5 Å². The number of alkyl halides is 3. The van der Waals surface area contributed by atoms with Crippen LogP contribution in [0.2, 0.25) is 0 Å². The maximum atomic E-state index is 12.6. The van der Waals surface area contributed by atoms with Gasteiger partial charge in [0, 0.05) is 5.56 Å². The largest absolute Gasteiger partial charge is 0.416 e. The van der Waals surface area contributed by atoms with Crippen molar-refractivity contribution in [2.24, 2.45) is 0 Å². The molecule has 0 amide bonds. The van der Waals surface area contributed by atoms with Gasteiger partial charge in [0.15, 0.2) is 0 Å². The fourth-order valence-corrected chi connectivity index (χ4v) is 2.10. The Balaban J connectivity index is 2.51. The normalized spacial score (nSPS) is 11.6. The van der Waals surface area contributed by atoms with Gasteiger partial charge in [-0.3, -0.25) is 0 Å². The molecule has 0 saturated heterocycles. The van der Waals surface area contributed by atoms with Crippen molar-refractivity contribution in [2.75, 3.05) is 11.5 Å². The van der Waals surface area contributed by atoms with Crippen molar-refractivity contribution in [1.82, 2.24) is 9.97 Å². The monoisotopic (exact) mass is 296 g/mol. The minimum Gasteiger partial charge on any atom is -0.383 e. The third-order valence-electron chi connectivity index (χ3n) is 3.02. The molecule has 4 N–H and O–H groups in total. The lowest BCUT2D eigenvalue weighted by Crippen LogP contribution is -2.07. The van der Waals surface area contributed by atoms with Crippen molar-refractivity contribution in [3.05, 3.63) is 35.5 Å². The first-order chi connectivity index (χ1) is 9.82. The van der Waals surface area contributed by atoms with E-state index in [1.54, 1.807) is 0 Å². The summed E-state index contributed by atoms with van der Waals surface area (Å²) in [5.41, 5.74) is 12.4. The molecule has 0 aliphatic rings. The molecule has 0 radical (unpaired) electrons. The van der Waals surface area contributed by atoms with Gasteiger partial charge in [0.25, 0.3) is 0 Å². The summed E-state index contributed by atoms with van der Waals surface area (Å²) in [6.07, 6.45) is -2.94. The highest BCUT2D eigenvalue weighted by molar-refractivity contribution is 5.76. The first kappa shape index (κ1) is 15.1. The van der Waals surface area contributed by atoms with E-state index in [-0.39, 0.29) is 11.8 Å². The molecule has 4 nitrogen and oxygen atoms in total. The molecule has 0 atom stereocenters. The number of nitrogens with zero attached hydrogens (tertiary/aromatic N) is 2. The number of hydrogen-bond donors (Lipinski definition) is 2. The topological polar surface area (TPSA) is 77.8 Å². The zero-order chi connectivity index (χ0) is 15.6. The molecule has 1 heterocycles. The zero-order valence-corrected chi connectivity index (χ0v) is 11.4. The average molecular weight is 296 g/mol. The molecule has 0 bridgehead atoms. The van der Waals surface area contributed by atoms with Crippen LogP contribution < -0.4 is 11.5 Å². The number of rotatable bonds is 3. The van der Waals surface area contributed by atoms with E-state index in [0.717, 1.165) is 18.6 Å². The Bertz CT molecular complexity index is 636. The molecule has 0 fully saturated rings. The molecule has 21 heavy (non-hydrogen) atoms. The number of nitrogen functional groups attached to an aromatic ring is 2. The minimum absolute atomic E-state index is 0.0617. The quantitative estimate of drug-likeness (QED) is 0.911. The molecule has 0 aliphatic heterocycles. The molecular formula is C14H15F3N4. The molecule has 112 valence electrons. The molecule has 7 heteroatoms. The van der Waals surface area contributed by atoms with E-state index in [1.807, 2.05) is 6.92 Å². The van der Waals surface area contributed by atoms with E-state index in [2.05, 4.69) is 9.97 Å². The SMILES string of the molecule is CCCc1nc(N)nc(N)c1-c1ccc(C(F)(F)F)cc1. The predicted molar refractivity (Wildman–Crippen MR) is 75.3 cm³/mol. The van der Waals surface area contributed by atoms with Crippen LogP contribution in [0.1, 0.15) is 24.6 Å². The zero-order valence-electron chi connectivity index (χ0n) is 11.4. The van der Waals surface area contributed by atoms with Gasteiger partial charge in [0.1, 0.15) is 5.82 Å². The molecule has 0 spiro atoms. The number of aromatic nitrogens is 2. The highest BCUT2D eigenvalue weighted by Gasteiger charge is 2.30. The van der Waals surface area contributed by atoms with Crippen LogP contribution in [0.4, 0.5) is 24.9 Å². The van der Waals surface area contributed by atoms with Crippen LogP contribution in [0, 0.1) is 0 Å². The number of aryl methyl sites for hydroxylation is 1. The van der Waals surface area contributed by atoms with Gasteiger partial charge in [-0.15, -0.1) is 0 Å². The second-order valence-electron chi connectivity index (χ2n) is 4.61. The number of anilines is 2. The summed E-state index contributed by atoms with van der Waals surface area (Å²) in [5.74, 6) is 0.234. The van der Waals surface area contributed by atoms with Gasteiger partial charge in [0.2, 0.25) is 5.95 Å². The summed E-state index contributed by atoms with van der Waals surface area (Å²) in [7, 11) is 0. The maximum absolute atomic E-state index is 12.6. The maximum Gasteiger partial charge on any atom is 0.416 e. The smallest absolute Gasteiger partial charge is 0.383 e. The number of nitrogens with two attached hydrogens (primary N) is 2. The predicted octanol–water partition coefficient (Wildman–Crippen LogP) is 3.28. The van der Waals surface area contributed by atoms with E-state index in [1.165, 1.54) is 12.1 Å². The summed E-state index contributed by atoms with van der Waals surface area (Å²) in [5, 5.41) is 0. The van der Waals surface area contributed by atoms with Crippen LogP contribution >= 0.6 is 0 Å². The fourth-order valence-electron chi connectivity index (χ4n) is 2.10. The standard InChI is InChI=1S/C14H15F3N4/c1-2-3-10-11(12(18)21-13(19)20-10)8-4-6-9(7-5-8)14(15,16)17/h4-7H,2-3H2,1H3,(H4,18,19,20,21). The van der Waals surface area contributed by atoms with Gasteiger partial charge < -0.3 is 11.5 Å². The third kappa shape index (κ3) is 3.24. The van der Waals surface area contributed by atoms with Crippen LogP contribution in [-0.4, -0.2) is 9.97 Å². The molecule has 2 aromatic rings. The number of benzene rings is 1. The minimum atomic E-state index is -4.37. The molecule has 0 aliphatic carbocycles. The summed E-state index contributed by atoms with van der Waals surface area (Å²) in [4.78, 5) is 8.02. The van der Waals surface area contributed by atoms with Gasteiger partial charge in [0.05, 0.1) is 11.3 Å². The Hall–Kier alpha value is -2.31. The van der Waals surface area contributed by atoms with Crippen molar-refractivity contribution >= 4 is 11.8 Å². The molecule has 1 aromatic heterocycles. The second kappa shape index (κ2) is 5.59. The summed E-state index contributed by atoms with van der Waals surface area (Å²) in [6.45, 7) is 1.96. The fraction of sp³-hybridized carbons (Fsp3) is 0.286. The summed E-state index contributed by atoms with van der Waals surface area (Å²) < 4.78 is 37.8. The average Bonchev–Trinajstić information content (AvgIpc) is 2.37. The van der Waals surface area contributed by atoms with Crippen LogP contribution in [-0.2, 0) is 12.6 Å². The lowest BCUT2D eigenvalue weighted by Gasteiger charge is -2.13. The molecule has 0 unspecified atom stereocenters. The molecular weight excluding hydrogens is 281 g/mol. The van der Waals surface area contributed by atoms with Crippen molar-refractivity contribution in [2.45, 2.75) is 25.9 Å². The summed E-state index contributed by atoms with van der Waals surface area (Å²) in [6, 6.07) is 4.77. The van der Waals surface area contributed by atoms with Gasteiger partial charge in [-0.05, 0) is 24.1 Å². The lowest BCUT2D eigenvalue weighted by atomic mass is 10.0. The number of hydrogen-bond acceptors (Lipinski definition) is 4. The van der Waals surface area contributed by atoms with Crippen LogP contribution in [0.5, 0.6) is 0 Å². The van der Waals surface area contributed by atoms with Crippen LogP contribution in [0.15, 0.2) is 24.3 Å². The Morgan fingerprint density at radius 3 is 2.19 bits per heavy atom. The van der Waals surface area contributed by atoms with Gasteiger partial charge in [-0.25, -0.2) is 4.98 Å².